The Bertz CT molecular complexity index is 919. The highest BCUT2D eigenvalue weighted by Crippen LogP contribution is 2.29. The molecule has 0 spiro atoms. The van der Waals surface area contributed by atoms with E-state index in [1.807, 2.05) is 42.5 Å². The Hall–Kier alpha value is -2.80. The molecule has 0 aliphatic heterocycles. The summed E-state index contributed by atoms with van der Waals surface area (Å²) >= 11 is 0. The number of sulfonamides is 1. The summed E-state index contributed by atoms with van der Waals surface area (Å²) in [5.74, 6) is 0.781. The van der Waals surface area contributed by atoms with Gasteiger partial charge in [-0.25, -0.2) is 8.42 Å². The third-order valence-corrected chi connectivity index (χ3v) is 4.96. The monoisotopic (exact) mass is 358 g/mol. The lowest BCUT2D eigenvalue weighted by Gasteiger charge is -2.07. The second-order valence-corrected chi connectivity index (χ2v) is 7.30. The van der Waals surface area contributed by atoms with Crippen molar-refractivity contribution >= 4 is 15.9 Å². The lowest BCUT2D eigenvalue weighted by molar-refractivity contribution is 0.415. The van der Waals surface area contributed by atoms with E-state index in [-0.39, 0.29) is 11.6 Å². The van der Waals surface area contributed by atoms with Gasteiger partial charge in [0, 0.05) is 0 Å². The Balaban J connectivity index is 1.73. The molecule has 0 radical (unpaired) electrons. The van der Waals surface area contributed by atoms with E-state index >= 15 is 0 Å². The molecular formula is C18H18N2O4S. The molecule has 1 N–H and O–H groups in total. The molecule has 0 atom stereocenters. The molecule has 130 valence electrons. The molecule has 0 saturated heterocycles. The summed E-state index contributed by atoms with van der Waals surface area (Å²) in [6, 6.07) is 16.7. The molecule has 25 heavy (non-hydrogen) atoms. The molecule has 0 fully saturated rings. The highest BCUT2D eigenvalue weighted by molar-refractivity contribution is 7.92. The molecular weight excluding hydrogens is 340 g/mol. The normalized spacial score (nSPS) is 11.2. The van der Waals surface area contributed by atoms with Gasteiger partial charge in [-0.15, -0.1) is 0 Å². The maximum Gasteiger partial charge on any atom is 0.245 e. The highest BCUT2D eigenvalue weighted by Gasteiger charge is 2.18. The fraction of sp³-hybridized carbons (Fsp3) is 0.167. The molecule has 7 heteroatoms. The maximum absolute atomic E-state index is 12.3. The van der Waals surface area contributed by atoms with Crippen LogP contribution in [0.5, 0.6) is 5.75 Å². The van der Waals surface area contributed by atoms with Crippen LogP contribution >= 0.6 is 0 Å². The number of aromatic nitrogens is 1. The molecule has 6 nitrogen and oxygen atoms in total. The fourth-order valence-corrected chi connectivity index (χ4v) is 3.41. The van der Waals surface area contributed by atoms with Crippen LogP contribution in [0.4, 0.5) is 5.88 Å². The van der Waals surface area contributed by atoms with Crippen LogP contribution in [-0.2, 0) is 16.4 Å². The second kappa shape index (κ2) is 7.40. The van der Waals surface area contributed by atoms with Gasteiger partial charge in [0.2, 0.25) is 15.9 Å². The lowest BCUT2D eigenvalue weighted by atomic mass is 10.1. The first-order valence-electron chi connectivity index (χ1n) is 7.71. The molecule has 1 heterocycles. The van der Waals surface area contributed by atoms with Crippen molar-refractivity contribution < 1.29 is 17.7 Å². The zero-order valence-corrected chi connectivity index (χ0v) is 14.5. The van der Waals surface area contributed by atoms with Crippen molar-refractivity contribution in [2.24, 2.45) is 0 Å². The van der Waals surface area contributed by atoms with Gasteiger partial charge in [-0.3, -0.25) is 4.72 Å². The van der Waals surface area contributed by atoms with Crippen LogP contribution in [0.1, 0.15) is 5.56 Å². The van der Waals surface area contributed by atoms with E-state index in [9.17, 15) is 8.42 Å². The number of methoxy groups -OCH3 is 1. The number of nitrogens with zero attached hydrogens (tertiary/aromatic N) is 1. The van der Waals surface area contributed by atoms with Crippen LogP contribution in [0.2, 0.25) is 0 Å². The summed E-state index contributed by atoms with van der Waals surface area (Å²) in [5.41, 5.74) is 2.31. The van der Waals surface area contributed by atoms with E-state index in [0.29, 0.717) is 17.7 Å². The standard InChI is InChI=1S/C18H18N2O4S/c1-23-16-9-7-15(8-10-16)17-13-19-24-18(17)20-25(21,22)12-11-14-5-3-2-4-6-14/h2-10,13,20H,11-12H2,1H3. The first kappa shape index (κ1) is 17.0. The Kier molecular flexibility index (Phi) is 5.04. The molecule has 0 aliphatic rings. The minimum absolute atomic E-state index is 0.0419. The van der Waals surface area contributed by atoms with E-state index in [1.165, 1.54) is 6.20 Å². The molecule has 0 saturated carbocycles. The van der Waals surface area contributed by atoms with Gasteiger partial charge in [-0.1, -0.05) is 47.6 Å². The van der Waals surface area contributed by atoms with Crippen molar-refractivity contribution in [1.29, 1.82) is 0 Å². The Morgan fingerprint density at radius 2 is 1.80 bits per heavy atom. The molecule has 0 amide bonds. The number of nitrogens with one attached hydrogen (secondary N) is 1. The summed E-state index contributed by atoms with van der Waals surface area (Å²) < 4.78 is 37.4. The molecule has 1 aromatic heterocycles. The van der Waals surface area contributed by atoms with E-state index in [0.717, 1.165) is 11.1 Å². The Labute approximate surface area is 146 Å². The molecule has 2 aromatic carbocycles. The number of aryl methyl sites for hydroxylation is 1. The van der Waals surface area contributed by atoms with Crippen LogP contribution in [0, 0.1) is 0 Å². The van der Waals surface area contributed by atoms with Crippen LogP contribution in [0.3, 0.4) is 0 Å². The van der Waals surface area contributed by atoms with Crippen molar-refractivity contribution in [3.05, 3.63) is 66.4 Å². The average Bonchev–Trinajstić information content (AvgIpc) is 3.08. The second-order valence-electron chi connectivity index (χ2n) is 5.45. The highest BCUT2D eigenvalue weighted by atomic mass is 32.2. The predicted molar refractivity (Wildman–Crippen MR) is 96.0 cm³/mol. The SMILES string of the molecule is COc1ccc(-c2cnoc2NS(=O)(=O)CCc2ccccc2)cc1. The molecule has 0 bridgehead atoms. The maximum atomic E-state index is 12.3. The van der Waals surface area contributed by atoms with Crippen LogP contribution in [0.25, 0.3) is 11.1 Å². The molecule has 3 rings (SSSR count). The quantitative estimate of drug-likeness (QED) is 0.700. The minimum Gasteiger partial charge on any atom is -0.497 e. The predicted octanol–water partition coefficient (Wildman–Crippen LogP) is 3.33. The van der Waals surface area contributed by atoms with E-state index < -0.39 is 10.0 Å². The number of ether oxygens (including phenoxy) is 1. The summed E-state index contributed by atoms with van der Waals surface area (Å²) in [5, 5.41) is 3.71. The number of rotatable bonds is 7. The summed E-state index contributed by atoms with van der Waals surface area (Å²) in [7, 11) is -1.97. The van der Waals surface area contributed by atoms with Crippen LogP contribution in [0.15, 0.2) is 65.3 Å². The smallest absolute Gasteiger partial charge is 0.245 e. The summed E-state index contributed by atoms with van der Waals surface area (Å²) in [6.07, 6.45) is 1.90. The molecule has 3 aromatic rings. The number of hydrogen-bond acceptors (Lipinski definition) is 5. The van der Waals surface area contributed by atoms with Gasteiger partial charge in [0.05, 0.1) is 24.6 Å². The van der Waals surface area contributed by atoms with Crippen molar-refractivity contribution in [2.45, 2.75) is 6.42 Å². The zero-order valence-electron chi connectivity index (χ0n) is 13.7. The summed E-state index contributed by atoms with van der Waals surface area (Å²) in [6.45, 7) is 0. The van der Waals surface area contributed by atoms with Gasteiger partial charge in [0.1, 0.15) is 5.75 Å². The van der Waals surface area contributed by atoms with Crippen molar-refractivity contribution in [3.8, 4) is 16.9 Å². The lowest BCUT2D eigenvalue weighted by Crippen LogP contribution is -2.18. The Morgan fingerprint density at radius 1 is 1.08 bits per heavy atom. The topological polar surface area (TPSA) is 81.4 Å². The largest absolute Gasteiger partial charge is 0.497 e. The average molecular weight is 358 g/mol. The van der Waals surface area contributed by atoms with Crippen LogP contribution < -0.4 is 9.46 Å². The van der Waals surface area contributed by atoms with Gasteiger partial charge in [-0.2, -0.15) is 0 Å². The fourth-order valence-electron chi connectivity index (χ4n) is 2.38. The van der Waals surface area contributed by atoms with E-state index in [1.54, 1.807) is 19.2 Å². The van der Waals surface area contributed by atoms with Gasteiger partial charge in [0.25, 0.3) is 0 Å². The third-order valence-electron chi connectivity index (χ3n) is 3.72. The molecule has 0 unspecified atom stereocenters. The minimum atomic E-state index is -3.55. The Morgan fingerprint density at radius 3 is 2.48 bits per heavy atom. The number of benzene rings is 2. The first-order chi connectivity index (χ1) is 12.1. The van der Waals surface area contributed by atoms with Crippen molar-refractivity contribution in [1.82, 2.24) is 5.16 Å². The molecule has 0 aliphatic carbocycles. The van der Waals surface area contributed by atoms with Crippen LogP contribution in [-0.4, -0.2) is 26.4 Å². The van der Waals surface area contributed by atoms with E-state index in [4.69, 9.17) is 9.26 Å². The third kappa shape index (κ3) is 4.39. The van der Waals surface area contributed by atoms with Gasteiger partial charge in [0.15, 0.2) is 0 Å². The first-order valence-corrected chi connectivity index (χ1v) is 9.36. The summed E-state index contributed by atoms with van der Waals surface area (Å²) in [4.78, 5) is 0. The van der Waals surface area contributed by atoms with Gasteiger partial charge < -0.3 is 9.26 Å². The van der Waals surface area contributed by atoms with Crippen molar-refractivity contribution in [2.75, 3.05) is 17.6 Å². The van der Waals surface area contributed by atoms with Gasteiger partial charge in [-0.05, 0) is 29.7 Å². The zero-order chi connectivity index (χ0) is 17.7. The number of anilines is 1. The van der Waals surface area contributed by atoms with E-state index in [2.05, 4.69) is 9.88 Å². The number of hydrogen-bond donors (Lipinski definition) is 1. The van der Waals surface area contributed by atoms with Crippen molar-refractivity contribution in [3.63, 3.8) is 0 Å². The van der Waals surface area contributed by atoms with Gasteiger partial charge >= 0.3 is 0 Å².